The summed E-state index contributed by atoms with van der Waals surface area (Å²) in [6, 6.07) is 7.60. The minimum absolute atomic E-state index is 0.00661. The fourth-order valence-corrected chi connectivity index (χ4v) is 3.27. The largest absolute Gasteiger partial charge is 0.351 e. The van der Waals surface area contributed by atoms with E-state index in [1.807, 2.05) is 45.0 Å². The fourth-order valence-electron chi connectivity index (χ4n) is 2.49. The average Bonchev–Trinajstić information content (AvgIpc) is 3.08. The van der Waals surface area contributed by atoms with E-state index in [0.29, 0.717) is 30.9 Å². The molecule has 0 radical (unpaired) electrons. The van der Waals surface area contributed by atoms with Crippen molar-refractivity contribution in [2.75, 3.05) is 13.1 Å². The number of amides is 2. The highest BCUT2D eigenvalue weighted by molar-refractivity contribution is 7.09. The van der Waals surface area contributed by atoms with Crippen LogP contribution in [0.1, 0.15) is 58.1 Å². The van der Waals surface area contributed by atoms with Gasteiger partial charge in [-0.3, -0.25) is 9.59 Å². The highest BCUT2D eigenvalue weighted by Gasteiger charge is 2.19. The van der Waals surface area contributed by atoms with Crippen molar-refractivity contribution in [2.45, 2.75) is 40.2 Å². The van der Waals surface area contributed by atoms with Gasteiger partial charge in [0.05, 0.1) is 6.54 Å². The number of aryl methyl sites for hydroxylation is 1. The van der Waals surface area contributed by atoms with Gasteiger partial charge in [-0.05, 0) is 31.4 Å². The standard InChI is InChI=1S/C19H25N3O2S/c1-4-10-20-18(23)16-13-25-17(21-16)12-22(11-5-2)19(24)15-9-7-6-8-14(15)3/h6-9,13H,4-5,10-12H2,1-3H3,(H,20,23). The van der Waals surface area contributed by atoms with Gasteiger partial charge in [0.25, 0.3) is 11.8 Å². The molecular formula is C19H25N3O2S. The summed E-state index contributed by atoms with van der Waals surface area (Å²) >= 11 is 1.42. The van der Waals surface area contributed by atoms with Crippen LogP contribution in [0, 0.1) is 6.92 Å². The predicted octanol–water partition coefficient (Wildman–Crippen LogP) is 3.64. The molecule has 2 aromatic rings. The summed E-state index contributed by atoms with van der Waals surface area (Å²) in [6.45, 7) is 7.71. The van der Waals surface area contributed by atoms with Crippen LogP contribution in [0.4, 0.5) is 0 Å². The zero-order valence-corrected chi connectivity index (χ0v) is 15.9. The quantitative estimate of drug-likeness (QED) is 0.783. The molecule has 0 saturated heterocycles. The molecule has 0 atom stereocenters. The van der Waals surface area contributed by atoms with E-state index in [2.05, 4.69) is 10.3 Å². The van der Waals surface area contributed by atoms with Crippen molar-refractivity contribution in [2.24, 2.45) is 0 Å². The van der Waals surface area contributed by atoms with Crippen LogP contribution in [0.2, 0.25) is 0 Å². The fraction of sp³-hybridized carbons (Fsp3) is 0.421. The third kappa shape index (κ3) is 5.13. The smallest absolute Gasteiger partial charge is 0.270 e. The third-order valence-corrected chi connectivity index (χ3v) is 4.64. The maximum atomic E-state index is 12.9. The van der Waals surface area contributed by atoms with Gasteiger partial charge >= 0.3 is 0 Å². The van der Waals surface area contributed by atoms with Gasteiger partial charge in [-0.15, -0.1) is 11.3 Å². The summed E-state index contributed by atoms with van der Waals surface area (Å²) in [5, 5.41) is 5.35. The minimum Gasteiger partial charge on any atom is -0.351 e. The van der Waals surface area contributed by atoms with Crippen molar-refractivity contribution in [3.8, 4) is 0 Å². The van der Waals surface area contributed by atoms with Crippen LogP contribution in [0.3, 0.4) is 0 Å². The highest BCUT2D eigenvalue weighted by Crippen LogP contribution is 2.17. The Hall–Kier alpha value is -2.21. The Morgan fingerprint density at radius 2 is 1.96 bits per heavy atom. The monoisotopic (exact) mass is 359 g/mol. The molecule has 0 fully saturated rings. The molecular weight excluding hydrogens is 334 g/mol. The molecule has 0 aliphatic rings. The summed E-state index contributed by atoms with van der Waals surface area (Å²) in [5.74, 6) is -0.149. The van der Waals surface area contributed by atoms with Crippen LogP contribution in [0.25, 0.3) is 0 Å². The molecule has 1 N–H and O–H groups in total. The Morgan fingerprint density at radius 3 is 2.64 bits per heavy atom. The average molecular weight is 359 g/mol. The number of hydrogen-bond acceptors (Lipinski definition) is 4. The second kappa shape index (κ2) is 9.32. The van der Waals surface area contributed by atoms with E-state index in [-0.39, 0.29) is 11.8 Å². The molecule has 0 aliphatic carbocycles. The van der Waals surface area contributed by atoms with Crippen LogP contribution in [0.15, 0.2) is 29.6 Å². The van der Waals surface area contributed by atoms with Gasteiger partial charge in [0.15, 0.2) is 0 Å². The van der Waals surface area contributed by atoms with E-state index < -0.39 is 0 Å². The van der Waals surface area contributed by atoms with E-state index in [9.17, 15) is 9.59 Å². The molecule has 1 aromatic carbocycles. The van der Waals surface area contributed by atoms with E-state index in [1.54, 1.807) is 10.3 Å². The molecule has 2 rings (SSSR count). The first kappa shape index (κ1) is 19.1. The van der Waals surface area contributed by atoms with Crippen molar-refractivity contribution >= 4 is 23.2 Å². The predicted molar refractivity (Wildman–Crippen MR) is 101 cm³/mol. The SMILES string of the molecule is CCCNC(=O)c1csc(CN(CCC)C(=O)c2ccccc2C)n1. The van der Waals surface area contributed by atoms with Gasteiger partial charge in [-0.1, -0.05) is 32.0 Å². The number of nitrogens with one attached hydrogen (secondary N) is 1. The van der Waals surface area contributed by atoms with E-state index >= 15 is 0 Å². The number of carbonyl (C=O) groups is 2. The van der Waals surface area contributed by atoms with E-state index in [1.165, 1.54) is 11.3 Å². The van der Waals surface area contributed by atoms with Gasteiger partial charge in [-0.25, -0.2) is 4.98 Å². The Bertz CT molecular complexity index is 727. The van der Waals surface area contributed by atoms with Crippen LogP contribution in [-0.4, -0.2) is 34.8 Å². The molecule has 2 amide bonds. The highest BCUT2D eigenvalue weighted by atomic mass is 32.1. The molecule has 134 valence electrons. The number of hydrogen-bond donors (Lipinski definition) is 1. The van der Waals surface area contributed by atoms with Crippen molar-refractivity contribution in [1.82, 2.24) is 15.2 Å². The second-order valence-electron chi connectivity index (χ2n) is 5.92. The summed E-state index contributed by atoms with van der Waals surface area (Å²) < 4.78 is 0. The Labute approximate surface area is 153 Å². The molecule has 5 nitrogen and oxygen atoms in total. The molecule has 6 heteroatoms. The summed E-state index contributed by atoms with van der Waals surface area (Å²) in [5.41, 5.74) is 2.11. The number of nitrogens with zero attached hydrogens (tertiary/aromatic N) is 2. The summed E-state index contributed by atoms with van der Waals surface area (Å²) in [6.07, 6.45) is 1.75. The molecule has 25 heavy (non-hydrogen) atoms. The number of carbonyl (C=O) groups excluding carboxylic acids is 2. The van der Waals surface area contributed by atoms with Gasteiger partial charge in [0.2, 0.25) is 0 Å². The number of rotatable bonds is 8. The Morgan fingerprint density at radius 1 is 1.20 bits per heavy atom. The number of benzene rings is 1. The van der Waals surface area contributed by atoms with Gasteiger partial charge < -0.3 is 10.2 Å². The zero-order chi connectivity index (χ0) is 18.2. The summed E-state index contributed by atoms with van der Waals surface area (Å²) in [4.78, 5) is 31.0. The van der Waals surface area contributed by atoms with Gasteiger partial charge in [0.1, 0.15) is 10.7 Å². The Balaban J connectivity index is 2.12. The van der Waals surface area contributed by atoms with Gasteiger partial charge in [-0.2, -0.15) is 0 Å². The van der Waals surface area contributed by atoms with E-state index in [4.69, 9.17) is 0 Å². The van der Waals surface area contributed by atoms with Crippen molar-refractivity contribution in [1.29, 1.82) is 0 Å². The van der Waals surface area contributed by atoms with E-state index in [0.717, 1.165) is 23.4 Å². The minimum atomic E-state index is -0.156. The van der Waals surface area contributed by atoms with Crippen molar-refractivity contribution in [3.05, 3.63) is 51.5 Å². The van der Waals surface area contributed by atoms with Gasteiger partial charge in [0, 0.05) is 24.0 Å². The maximum Gasteiger partial charge on any atom is 0.270 e. The lowest BCUT2D eigenvalue weighted by Crippen LogP contribution is -2.32. The first-order chi connectivity index (χ1) is 12.1. The second-order valence-corrected chi connectivity index (χ2v) is 6.87. The third-order valence-electron chi connectivity index (χ3n) is 3.80. The Kier molecular flexibility index (Phi) is 7.13. The molecule has 0 aliphatic heterocycles. The number of aromatic nitrogens is 1. The zero-order valence-electron chi connectivity index (χ0n) is 15.0. The molecule has 0 unspecified atom stereocenters. The van der Waals surface area contributed by atoms with Crippen molar-refractivity contribution < 1.29 is 9.59 Å². The molecule has 0 saturated carbocycles. The number of thiazole rings is 1. The maximum absolute atomic E-state index is 12.9. The lowest BCUT2D eigenvalue weighted by atomic mass is 10.1. The summed E-state index contributed by atoms with van der Waals surface area (Å²) in [7, 11) is 0. The lowest BCUT2D eigenvalue weighted by molar-refractivity contribution is 0.0742. The van der Waals surface area contributed by atoms with Crippen LogP contribution in [0.5, 0.6) is 0 Å². The van der Waals surface area contributed by atoms with Crippen molar-refractivity contribution in [3.63, 3.8) is 0 Å². The first-order valence-electron chi connectivity index (χ1n) is 8.64. The molecule has 0 bridgehead atoms. The first-order valence-corrected chi connectivity index (χ1v) is 9.52. The van der Waals surface area contributed by atoms with Crippen LogP contribution >= 0.6 is 11.3 Å². The lowest BCUT2D eigenvalue weighted by Gasteiger charge is -2.22. The molecule has 1 heterocycles. The topological polar surface area (TPSA) is 62.3 Å². The molecule has 1 aromatic heterocycles. The molecule has 0 spiro atoms. The van der Waals surface area contributed by atoms with Crippen LogP contribution < -0.4 is 5.32 Å². The van der Waals surface area contributed by atoms with Crippen LogP contribution in [-0.2, 0) is 6.54 Å². The normalized spacial score (nSPS) is 10.5.